The molecule has 1 aromatic rings. The predicted octanol–water partition coefficient (Wildman–Crippen LogP) is -0.0152. The van der Waals surface area contributed by atoms with Crippen LogP contribution in [0.4, 0.5) is 18.9 Å². The fraction of sp³-hybridized carbons (Fsp3) is 0.370. The topological polar surface area (TPSA) is 247 Å². The number of hydrogen-bond acceptors (Lipinski definition) is 14. The van der Waals surface area contributed by atoms with Gasteiger partial charge in [0.2, 0.25) is 5.43 Å². The Kier molecular flexibility index (Phi) is 10.2. The second-order valence-corrected chi connectivity index (χ2v) is 9.64. The van der Waals surface area contributed by atoms with Crippen LogP contribution in [0.15, 0.2) is 21.3 Å². The number of rotatable bonds is 9. The summed E-state index contributed by atoms with van der Waals surface area (Å²) in [5.41, 5.74) is -3.69. The fourth-order valence-corrected chi connectivity index (χ4v) is 4.28. The average molecular weight is 657 g/mol. The number of carbonyl (C=O) groups is 5. The summed E-state index contributed by atoms with van der Waals surface area (Å²) in [6.07, 6.45) is -8.30. The number of aromatic nitrogens is 1. The minimum atomic E-state index is -5.18. The SMILES string of the molecule is COC(=O)c1c2oc3c(C(F)(F)F)ccc(C(=O)N[C@H](C(=O)OC)[C@@H](C)O)c3nc-2c(C(=O)N[C@H](C(=O)OC)[C@@H](C)O)c(N)c1=O. The largest absolute Gasteiger partial charge is 0.467 e. The molecule has 1 aliphatic carbocycles. The molecule has 3 rings (SSSR count). The van der Waals surface area contributed by atoms with Gasteiger partial charge < -0.3 is 45.2 Å². The molecule has 2 aliphatic rings. The Hall–Kier alpha value is -5.30. The molecule has 4 atom stereocenters. The fourth-order valence-electron chi connectivity index (χ4n) is 4.28. The lowest BCUT2D eigenvalue weighted by atomic mass is 9.98. The molecule has 0 radical (unpaired) electrons. The molecule has 248 valence electrons. The highest BCUT2D eigenvalue weighted by Crippen LogP contribution is 2.40. The predicted molar refractivity (Wildman–Crippen MR) is 148 cm³/mol. The van der Waals surface area contributed by atoms with Gasteiger partial charge in [0.25, 0.3) is 11.8 Å². The minimum Gasteiger partial charge on any atom is -0.467 e. The van der Waals surface area contributed by atoms with E-state index >= 15 is 0 Å². The molecule has 0 unspecified atom stereocenters. The van der Waals surface area contributed by atoms with Gasteiger partial charge in [-0.2, -0.15) is 13.2 Å². The average Bonchev–Trinajstić information content (AvgIpc) is 2.99. The van der Waals surface area contributed by atoms with Gasteiger partial charge in [-0.15, -0.1) is 0 Å². The van der Waals surface area contributed by atoms with E-state index in [2.05, 4.69) is 29.8 Å². The van der Waals surface area contributed by atoms with E-state index in [9.17, 15) is 52.2 Å². The van der Waals surface area contributed by atoms with Crippen molar-refractivity contribution in [1.29, 1.82) is 0 Å². The normalized spacial score (nSPS) is 14.1. The van der Waals surface area contributed by atoms with E-state index in [1.165, 1.54) is 0 Å². The lowest BCUT2D eigenvalue weighted by molar-refractivity contribution is -0.146. The number of aliphatic hydroxyl groups excluding tert-OH is 2. The van der Waals surface area contributed by atoms with Crippen LogP contribution in [0.5, 0.6) is 0 Å². The number of fused-ring (bicyclic) bond motifs is 2. The first kappa shape index (κ1) is 35.2. The first-order valence-electron chi connectivity index (χ1n) is 12.9. The summed E-state index contributed by atoms with van der Waals surface area (Å²) in [5.74, 6) is -7.39. The van der Waals surface area contributed by atoms with E-state index in [1.807, 2.05) is 0 Å². The first-order chi connectivity index (χ1) is 21.4. The van der Waals surface area contributed by atoms with Crippen molar-refractivity contribution in [2.75, 3.05) is 27.1 Å². The van der Waals surface area contributed by atoms with Gasteiger partial charge in [0.1, 0.15) is 16.8 Å². The first-order valence-corrected chi connectivity index (χ1v) is 12.9. The van der Waals surface area contributed by atoms with E-state index in [0.29, 0.717) is 12.1 Å². The lowest BCUT2D eigenvalue weighted by Gasteiger charge is -2.22. The maximum atomic E-state index is 14.1. The summed E-state index contributed by atoms with van der Waals surface area (Å²) >= 11 is 0. The third kappa shape index (κ3) is 6.54. The van der Waals surface area contributed by atoms with Crippen LogP contribution in [-0.4, -0.2) is 90.5 Å². The number of nitrogens with two attached hydrogens (primary N) is 1. The molecule has 1 heterocycles. The van der Waals surface area contributed by atoms with Gasteiger partial charge in [0, 0.05) is 0 Å². The molecule has 19 heteroatoms. The maximum absolute atomic E-state index is 14.1. The van der Waals surface area contributed by atoms with Crippen molar-refractivity contribution < 1.29 is 66.0 Å². The van der Waals surface area contributed by atoms with Crippen LogP contribution < -0.4 is 21.8 Å². The highest BCUT2D eigenvalue weighted by Gasteiger charge is 2.40. The van der Waals surface area contributed by atoms with Crippen LogP contribution in [0.25, 0.3) is 22.6 Å². The van der Waals surface area contributed by atoms with E-state index in [0.717, 1.165) is 35.2 Å². The molecular formula is C27H27F3N4O12. The zero-order valence-corrected chi connectivity index (χ0v) is 24.6. The highest BCUT2D eigenvalue weighted by atomic mass is 19.4. The molecule has 0 saturated heterocycles. The second kappa shape index (κ2) is 13.4. The number of methoxy groups -OCH3 is 3. The van der Waals surface area contributed by atoms with Crippen LogP contribution in [0.1, 0.15) is 50.5 Å². The Morgan fingerprint density at radius 2 is 1.41 bits per heavy atom. The molecule has 1 aliphatic heterocycles. The Labute approximate surface area is 255 Å². The molecule has 0 aromatic heterocycles. The Bertz CT molecular complexity index is 1750. The number of halogens is 3. The number of esters is 3. The minimum absolute atomic E-state index is 0.411. The lowest BCUT2D eigenvalue weighted by Crippen LogP contribution is -2.48. The summed E-state index contributed by atoms with van der Waals surface area (Å²) in [6.45, 7) is 2.22. The number of nitrogens with one attached hydrogen (secondary N) is 2. The number of nitrogens with zero attached hydrogens (tertiary/aromatic N) is 1. The summed E-state index contributed by atoms with van der Waals surface area (Å²) in [5, 5.41) is 24.1. The number of amides is 2. The van der Waals surface area contributed by atoms with Gasteiger partial charge in [-0.05, 0) is 26.0 Å². The van der Waals surface area contributed by atoms with Crippen LogP contribution in [0.3, 0.4) is 0 Å². The van der Waals surface area contributed by atoms with E-state index < -0.39 is 116 Å². The zero-order valence-electron chi connectivity index (χ0n) is 24.6. The molecular weight excluding hydrogens is 629 g/mol. The van der Waals surface area contributed by atoms with Gasteiger partial charge in [0.15, 0.2) is 29.0 Å². The molecule has 6 N–H and O–H groups in total. The number of hydrogen-bond donors (Lipinski definition) is 5. The van der Waals surface area contributed by atoms with E-state index in [-0.39, 0.29) is 0 Å². The molecule has 2 amide bonds. The molecule has 0 fully saturated rings. The van der Waals surface area contributed by atoms with Gasteiger partial charge in [-0.25, -0.2) is 19.4 Å². The van der Waals surface area contributed by atoms with Gasteiger partial charge >= 0.3 is 24.1 Å². The number of ether oxygens (including phenoxy) is 3. The molecule has 16 nitrogen and oxygen atoms in total. The Balaban J connectivity index is 2.50. The molecule has 0 spiro atoms. The number of anilines is 1. The van der Waals surface area contributed by atoms with Crippen molar-refractivity contribution in [1.82, 2.24) is 15.6 Å². The van der Waals surface area contributed by atoms with E-state index in [4.69, 9.17) is 10.2 Å². The molecule has 46 heavy (non-hydrogen) atoms. The standard InChI is InChI=1S/C27H27F3N4O12/c1-8(35)15(25(41)44-4)33-22(38)10-6-7-11(27(28,29)30)20-17(10)32-18-12(23(39)34-16(9(2)36)26(42)45-5)14(31)19(37)13(21(18)46-20)24(40)43-3/h6-9,15-16,35-36H,31H2,1-5H3,(H,33,38)(H,34,39)/t8-,9-,15+,16+/m1/s1. The molecule has 0 bridgehead atoms. The van der Waals surface area contributed by atoms with Gasteiger partial charge in [0.05, 0.1) is 50.4 Å². The van der Waals surface area contributed by atoms with Crippen molar-refractivity contribution >= 4 is 46.5 Å². The third-order valence-corrected chi connectivity index (χ3v) is 6.59. The monoisotopic (exact) mass is 656 g/mol. The molecule has 1 aromatic carbocycles. The third-order valence-electron chi connectivity index (χ3n) is 6.59. The van der Waals surface area contributed by atoms with Crippen LogP contribution >= 0.6 is 0 Å². The zero-order chi connectivity index (χ0) is 34.8. The number of carbonyl (C=O) groups excluding carboxylic acids is 5. The summed E-state index contributed by atoms with van der Waals surface area (Å²) in [6, 6.07) is -2.39. The smallest absolute Gasteiger partial charge is 0.420 e. The van der Waals surface area contributed by atoms with Gasteiger partial charge in [-0.1, -0.05) is 0 Å². The number of benzene rings is 2. The quantitative estimate of drug-likeness (QED) is 0.0880. The van der Waals surface area contributed by atoms with Crippen molar-refractivity contribution in [3.05, 3.63) is 44.6 Å². The van der Waals surface area contributed by atoms with Crippen LogP contribution in [0, 0.1) is 0 Å². The second-order valence-electron chi connectivity index (χ2n) is 9.64. The Morgan fingerprint density at radius 3 is 1.87 bits per heavy atom. The number of nitrogen functional groups attached to an aromatic ring is 1. The number of alkyl halides is 3. The van der Waals surface area contributed by atoms with Crippen molar-refractivity contribution in [2.24, 2.45) is 0 Å². The van der Waals surface area contributed by atoms with Gasteiger partial charge in [-0.3, -0.25) is 14.4 Å². The Morgan fingerprint density at radius 1 is 0.891 bits per heavy atom. The van der Waals surface area contributed by atoms with Crippen LogP contribution in [-0.2, 0) is 30.0 Å². The summed E-state index contributed by atoms with van der Waals surface area (Å²) in [7, 11) is 2.71. The number of aliphatic hydroxyl groups is 2. The summed E-state index contributed by atoms with van der Waals surface area (Å²) < 4.78 is 61.5. The molecule has 0 saturated carbocycles. The van der Waals surface area contributed by atoms with Crippen LogP contribution in [0.2, 0.25) is 0 Å². The van der Waals surface area contributed by atoms with Crippen molar-refractivity contribution in [3.63, 3.8) is 0 Å². The van der Waals surface area contributed by atoms with Crippen molar-refractivity contribution in [3.8, 4) is 11.5 Å². The van der Waals surface area contributed by atoms with Crippen molar-refractivity contribution in [2.45, 2.75) is 44.3 Å². The summed E-state index contributed by atoms with van der Waals surface area (Å²) in [4.78, 5) is 80.8. The van der Waals surface area contributed by atoms with E-state index in [1.54, 1.807) is 0 Å². The maximum Gasteiger partial charge on any atom is 0.420 e. The highest BCUT2D eigenvalue weighted by molar-refractivity contribution is 6.12.